The number of likely N-dealkylation sites (N-methyl/N-ethyl adjacent to an activating group) is 1. The molecule has 0 aliphatic heterocycles. The van der Waals surface area contributed by atoms with Crippen LogP contribution in [0.25, 0.3) is 0 Å². The summed E-state index contributed by atoms with van der Waals surface area (Å²) in [5.74, 6) is -1.30. The molecule has 0 aromatic heterocycles. The predicted octanol–water partition coefficient (Wildman–Crippen LogP) is 1.60. The van der Waals surface area contributed by atoms with Gasteiger partial charge in [-0.25, -0.2) is 9.45 Å². The minimum Gasteiger partial charge on any atom is -0.340 e. The van der Waals surface area contributed by atoms with Gasteiger partial charge in [0.1, 0.15) is 11.9 Å². The van der Waals surface area contributed by atoms with Crippen LogP contribution < -0.4 is 5.32 Å². The summed E-state index contributed by atoms with van der Waals surface area (Å²) in [6, 6.07) is 4.42. The van der Waals surface area contributed by atoms with Gasteiger partial charge in [0, 0.05) is 12.6 Å². The van der Waals surface area contributed by atoms with Crippen molar-refractivity contribution >= 4 is 11.8 Å². The number of amides is 2. The largest absolute Gasteiger partial charge is 0.340 e. The van der Waals surface area contributed by atoms with Crippen molar-refractivity contribution in [1.29, 1.82) is 0 Å². The summed E-state index contributed by atoms with van der Waals surface area (Å²) in [4.78, 5) is 28.9. The molecule has 1 atom stereocenters. The first-order valence-corrected chi connectivity index (χ1v) is 6.25. The van der Waals surface area contributed by atoms with E-state index in [1.807, 2.05) is 13.8 Å². The molecule has 1 aromatic carbocycles. The number of rotatable bonds is 5. The Morgan fingerprint density at radius 2 is 1.80 bits per heavy atom. The molecule has 0 saturated heterocycles. The van der Waals surface area contributed by atoms with Crippen molar-refractivity contribution in [3.8, 4) is 0 Å². The Balaban J connectivity index is 2.83. The van der Waals surface area contributed by atoms with Crippen LogP contribution in [-0.4, -0.2) is 37.1 Å². The Kier molecular flexibility index (Phi) is 5.64. The maximum absolute atomic E-state index is 12.8. The highest BCUT2D eigenvalue weighted by molar-refractivity contribution is 5.97. The first-order chi connectivity index (χ1) is 9.36. The first-order valence-electron chi connectivity index (χ1n) is 6.25. The van der Waals surface area contributed by atoms with E-state index in [4.69, 9.17) is 4.84 Å². The molecule has 0 aliphatic rings. The topological polar surface area (TPSA) is 58.6 Å². The molecule has 1 rings (SSSR count). The van der Waals surface area contributed by atoms with Gasteiger partial charge < -0.3 is 5.32 Å². The van der Waals surface area contributed by atoms with Crippen LogP contribution in [-0.2, 0) is 9.63 Å². The molecule has 1 N–H and O–H groups in total. The van der Waals surface area contributed by atoms with Gasteiger partial charge in [0.05, 0.1) is 7.11 Å². The highest BCUT2D eigenvalue weighted by Crippen LogP contribution is 2.08. The Labute approximate surface area is 117 Å². The number of hydroxylamine groups is 2. The van der Waals surface area contributed by atoms with Gasteiger partial charge in [0.15, 0.2) is 0 Å². The van der Waals surface area contributed by atoms with Crippen molar-refractivity contribution in [2.75, 3.05) is 14.2 Å². The van der Waals surface area contributed by atoms with Crippen LogP contribution in [0.15, 0.2) is 24.3 Å². The zero-order chi connectivity index (χ0) is 15.3. The van der Waals surface area contributed by atoms with Crippen molar-refractivity contribution in [3.63, 3.8) is 0 Å². The smallest absolute Gasteiger partial charge is 0.268 e. The first kappa shape index (κ1) is 16.1. The van der Waals surface area contributed by atoms with Gasteiger partial charge >= 0.3 is 0 Å². The maximum atomic E-state index is 12.8. The van der Waals surface area contributed by atoms with Gasteiger partial charge in [-0.1, -0.05) is 13.8 Å². The fourth-order valence-electron chi connectivity index (χ4n) is 1.63. The summed E-state index contributed by atoms with van der Waals surface area (Å²) in [6.07, 6.45) is 0. The molecule has 0 unspecified atom stereocenters. The molecule has 2 amide bonds. The summed E-state index contributed by atoms with van der Waals surface area (Å²) in [7, 11) is 2.85. The lowest BCUT2D eigenvalue weighted by Crippen LogP contribution is -2.49. The summed E-state index contributed by atoms with van der Waals surface area (Å²) in [5.41, 5.74) is 0.296. The van der Waals surface area contributed by atoms with E-state index in [1.165, 1.54) is 38.4 Å². The quantitative estimate of drug-likeness (QED) is 0.835. The number of carbonyl (C=O) groups excluding carboxylic acids is 2. The third-order valence-electron chi connectivity index (χ3n) is 2.91. The fraction of sp³-hybridized carbons (Fsp3) is 0.429. The van der Waals surface area contributed by atoms with Gasteiger partial charge in [-0.15, -0.1) is 0 Å². The molecule has 0 aliphatic carbocycles. The van der Waals surface area contributed by atoms with E-state index in [0.29, 0.717) is 5.56 Å². The summed E-state index contributed by atoms with van der Waals surface area (Å²) in [6.45, 7) is 3.63. The standard InChI is InChI=1S/C14H19FN2O3/c1-9(2)12(14(19)17(3)20-4)16-13(18)10-5-7-11(15)8-6-10/h5-9,12H,1-4H3,(H,16,18)/t12-/m0/s1. The number of carbonyl (C=O) groups is 2. The van der Waals surface area contributed by atoms with Crippen LogP contribution in [0.2, 0.25) is 0 Å². The average Bonchev–Trinajstić information content (AvgIpc) is 2.43. The number of halogens is 1. The number of nitrogens with one attached hydrogen (secondary N) is 1. The lowest BCUT2D eigenvalue weighted by atomic mass is 10.0. The monoisotopic (exact) mass is 282 g/mol. The van der Waals surface area contributed by atoms with Crippen LogP contribution in [0.1, 0.15) is 24.2 Å². The highest BCUT2D eigenvalue weighted by Gasteiger charge is 2.27. The van der Waals surface area contributed by atoms with E-state index in [2.05, 4.69) is 5.32 Å². The molecular formula is C14H19FN2O3. The normalized spacial score (nSPS) is 12.1. The number of hydrogen-bond donors (Lipinski definition) is 1. The number of benzene rings is 1. The number of hydrogen-bond acceptors (Lipinski definition) is 3. The lowest BCUT2D eigenvalue weighted by Gasteiger charge is -2.25. The molecular weight excluding hydrogens is 263 g/mol. The van der Waals surface area contributed by atoms with Gasteiger partial charge in [-0.05, 0) is 30.2 Å². The van der Waals surface area contributed by atoms with E-state index in [1.54, 1.807) is 0 Å². The second-order valence-corrected chi connectivity index (χ2v) is 4.72. The Hall–Kier alpha value is -1.95. The average molecular weight is 282 g/mol. The molecule has 20 heavy (non-hydrogen) atoms. The summed E-state index contributed by atoms with van der Waals surface area (Å²) >= 11 is 0. The van der Waals surface area contributed by atoms with E-state index >= 15 is 0 Å². The molecule has 0 fully saturated rings. The van der Waals surface area contributed by atoms with Crippen LogP contribution in [0, 0.1) is 11.7 Å². The Morgan fingerprint density at radius 1 is 1.25 bits per heavy atom. The molecule has 0 bridgehead atoms. The van der Waals surface area contributed by atoms with Crippen molar-refractivity contribution in [1.82, 2.24) is 10.4 Å². The van der Waals surface area contributed by atoms with Crippen LogP contribution in [0.4, 0.5) is 4.39 Å². The summed E-state index contributed by atoms with van der Waals surface area (Å²) in [5, 5.41) is 3.70. The van der Waals surface area contributed by atoms with Crippen molar-refractivity contribution < 1.29 is 18.8 Å². The maximum Gasteiger partial charge on any atom is 0.268 e. The zero-order valence-corrected chi connectivity index (χ0v) is 12.0. The zero-order valence-electron chi connectivity index (χ0n) is 12.0. The van der Waals surface area contributed by atoms with E-state index in [9.17, 15) is 14.0 Å². The van der Waals surface area contributed by atoms with Gasteiger partial charge in [0.25, 0.3) is 11.8 Å². The van der Waals surface area contributed by atoms with E-state index < -0.39 is 17.8 Å². The molecule has 110 valence electrons. The third kappa shape index (κ3) is 4.03. The highest BCUT2D eigenvalue weighted by atomic mass is 19.1. The van der Waals surface area contributed by atoms with Crippen molar-refractivity contribution in [2.24, 2.45) is 5.92 Å². The molecule has 1 aromatic rings. The molecule has 5 nitrogen and oxygen atoms in total. The van der Waals surface area contributed by atoms with Crippen molar-refractivity contribution in [3.05, 3.63) is 35.6 Å². The van der Waals surface area contributed by atoms with Gasteiger partial charge in [-0.3, -0.25) is 14.4 Å². The van der Waals surface area contributed by atoms with Crippen LogP contribution >= 0.6 is 0 Å². The van der Waals surface area contributed by atoms with E-state index in [-0.39, 0.29) is 11.8 Å². The van der Waals surface area contributed by atoms with Gasteiger partial charge in [0.2, 0.25) is 0 Å². The van der Waals surface area contributed by atoms with Crippen molar-refractivity contribution in [2.45, 2.75) is 19.9 Å². The Morgan fingerprint density at radius 3 is 2.25 bits per heavy atom. The van der Waals surface area contributed by atoms with Crippen LogP contribution in [0.5, 0.6) is 0 Å². The molecule has 0 radical (unpaired) electrons. The SMILES string of the molecule is CON(C)C(=O)[C@@H](NC(=O)c1ccc(F)cc1)C(C)C. The second kappa shape index (κ2) is 7.00. The molecule has 0 spiro atoms. The third-order valence-corrected chi connectivity index (χ3v) is 2.91. The number of nitrogens with zero attached hydrogens (tertiary/aromatic N) is 1. The minimum atomic E-state index is -0.711. The van der Waals surface area contributed by atoms with Crippen LogP contribution in [0.3, 0.4) is 0 Å². The molecule has 0 heterocycles. The second-order valence-electron chi connectivity index (χ2n) is 4.72. The molecule has 0 saturated carbocycles. The summed E-state index contributed by atoms with van der Waals surface area (Å²) < 4.78 is 12.8. The predicted molar refractivity (Wildman–Crippen MR) is 72.3 cm³/mol. The minimum absolute atomic E-state index is 0.107. The Bertz CT molecular complexity index is 474. The fourth-order valence-corrected chi connectivity index (χ4v) is 1.63. The van der Waals surface area contributed by atoms with Gasteiger partial charge in [-0.2, -0.15) is 0 Å². The molecule has 6 heteroatoms. The van der Waals surface area contributed by atoms with E-state index in [0.717, 1.165) is 5.06 Å². The lowest BCUT2D eigenvalue weighted by molar-refractivity contribution is -0.171.